The second-order valence-corrected chi connectivity index (χ2v) is 3.77. The molecule has 4 nitrogen and oxygen atoms in total. The van der Waals surface area contributed by atoms with Crippen LogP contribution in [0.2, 0.25) is 0 Å². The summed E-state index contributed by atoms with van der Waals surface area (Å²) in [6.07, 6.45) is 0.965. The summed E-state index contributed by atoms with van der Waals surface area (Å²) in [5.41, 5.74) is 2.27. The van der Waals surface area contributed by atoms with Gasteiger partial charge in [0.25, 0.3) is 0 Å². The molecular weight excluding hydrogens is 230 g/mol. The van der Waals surface area contributed by atoms with Crippen LogP contribution in [0.25, 0.3) is 0 Å². The number of aryl methyl sites for hydroxylation is 1. The molecule has 0 atom stereocenters. The number of ether oxygens (including phenoxy) is 2. The summed E-state index contributed by atoms with van der Waals surface area (Å²) in [5, 5.41) is 9.03. The molecule has 0 heterocycles. The molecule has 18 heavy (non-hydrogen) atoms. The lowest BCUT2D eigenvalue weighted by molar-refractivity contribution is -0.142. The number of nitrogens with zero attached hydrogens (tertiary/aromatic N) is 1. The fourth-order valence-corrected chi connectivity index (χ4v) is 1.78. The van der Waals surface area contributed by atoms with Gasteiger partial charge in [-0.3, -0.25) is 4.79 Å². The molecule has 0 N–H and O–H groups in total. The Morgan fingerprint density at radius 3 is 2.56 bits per heavy atom. The molecule has 0 aliphatic rings. The molecule has 1 aromatic rings. The number of hydrogen-bond acceptors (Lipinski definition) is 4. The zero-order chi connectivity index (χ0) is 13.5. The highest BCUT2D eigenvalue weighted by Gasteiger charge is 2.12. The smallest absolute Gasteiger partial charge is 0.310 e. The molecule has 1 aromatic carbocycles. The topological polar surface area (TPSA) is 59.3 Å². The minimum atomic E-state index is -0.277. The van der Waals surface area contributed by atoms with Crippen LogP contribution in [0, 0.1) is 11.3 Å². The molecule has 0 saturated heterocycles. The zero-order valence-electron chi connectivity index (χ0n) is 10.9. The van der Waals surface area contributed by atoms with Crippen molar-refractivity contribution < 1.29 is 14.3 Å². The molecule has 0 saturated carbocycles. The van der Waals surface area contributed by atoms with Gasteiger partial charge in [0.1, 0.15) is 11.8 Å². The van der Waals surface area contributed by atoms with E-state index in [9.17, 15) is 4.79 Å². The Hall–Kier alpha value is -2.02. The highest BCUT2D eigenvalue weighted by atomic mass is 16.5. The molecule has 4 heteroatoms. The monoisotopic (exact) mass is 247 g/mol. The second kappa shape index (κ2) is 6.65. The third kappa shape index (κ3) is 3.24. The number of carbonyl (C=O) groups excluding carboxylic acids is 1. The van der Waals surface area contributed by atoms with Crippen molar-refractivity contribution in [1.82, 2.24) is 0 Å². The van der Waals surface area contributed by atoms with Gasteiger partial charge in [-0.15, -0.1) is 0 Å². The maximum absolute atomic E-state index is 11.5. The van der Waals surface area contributed by atoms with E-state index in [0.717, 1.165) is 17.5 Å². The summed E-state index contributed by atoms with van der Waals surface area (Å²) in [6.45, 7) is 4.13. The molecule has 0 fully saturated rings. The number of rotatable bonds is 5. The molecule has 96 valence electrons. The fourth-order valence-electron chi connectivity index (χ4n) is 1.78. The van der Waals surface area contributed by atoms with Crippen LogP contribution in [0.4, 0.5) is 0 Å². The van der Waals surface area contributed by atoms with Gasteiger partial charge in [-0.05, 0) is 36.6 Å². The van der Waals surface area contributed by atoms with Crippen LogP contribution >= 0.6 is 0 Å². The first-order valence-electron chi connectivity index (χ1n) is 5.91. The number of benzene rings is 1. The Bertz CT molecular complexity index is 475. The fraction of sp³-hybridized carbons (Fsp3) is 0.429. The van der Waals surface area contributed by atoms with Gasteiger partial charge in [0, 0.05) is 0 Å². The van der Waals surface area contributed by atoms with Crippen LogP contribution in [-0.4, -0.2) is 19.7 Å². The van der Waals surface area contributed by atoms with E-state index in [1.807, 2.05) is 13.0 Å². The van der Waals surface area contributed by atoms with Gasteiger partial charge in [0.05, 0.1) is 25.7 Å². The van der Waals surface area contributed by atoms with E-state index in [-0.39, 0.29) is 12.4 Å². The molecule has 0 bridgehead atoms. The Morgan fingerprint density at radius 1 is 1.33 bits per heavy atom. The van der Waals surface area contributed by atoms with Crippen LogP contribution in [-0.2, 0) is 22.4 Å². The first-order chi connectivity index (χ1) is 8.65. The summed E-state index contributed by atoms with van der Waals surface area (Å²) >= 11 is 0. The Balaban J connectivity index is 3.10. The van der Waals surface area contributed by atoms with Crippen LogP contribution in [0.3, 0.4) is 0 Å². The van der Waals surface area contributed by atoms with Crippen molar-refractivity contribution >= 4 is 5.97 Å². The van der Waals surface area contributed by atoms with Crippen LogP contribution in [0.15, 0.2) is 12.1 Å². The van der Waals surface area contributed by atoms with E-state index < -0.39 is 0 Å². The van der Waals surface area contributed by atoms with Crippen molar-refractivity contribution in [3.63, 3.8) is 0 Å². The second-order valence-electron chi connectivity index (χ2n) is 3.77. The average molecular weight is 247 g/mol. The van der Waals surface area contributed by atoms with Gasteiger partial charge in [-0.1, -0.05) is 6.92 Å². The Morgan fingerprint density at radius 2 is 2.06 bits per heavy atom. The van der Waals surface area contributed by atoms with E-state index in [1.54, 1.807) is 13.0 Å². The number of nitriles is 1. The predicted octanol–water partition coefficient (Wildman–Crippen LogP) is 2.23. The quantitative estimate of drug-likeness (QED) is 0.749. The zero-order valence-corrected chi connectivity index (χ0v) is 10.9. The van der Waals surface area contributed by atoms with Gasteiger partial charge in [-0.25, -0.2) is 0 Å². The molecule has 0 aliphatic carbocycles. The summed E-state index contributed by atoms with van der Waals surface area (Å²) in [7, 11) is 1.53. The van der Waals surface area contributed by atoms with Crippen molar-refractivity contribution in [2.45, 2.75) is 26.7 Å². The Labute approximate surface area is 107 Å². The molecule has 0 spiro atoms. The first-order valence-corrected chi connectivity index (χ1v) is 5.91. The van der Waals surface area contributed by atoms with Crippen LogP contribution < -0.4 is 4.74 Å². The minimum absolute atomic E-state index is 0.190. The molecule has 0 unspecified atom stereocenters. The van der Waals surface area contributed by atoms with E-state index in [0.29, 0.717) is 17.9 Å². The number of hydrogen-bond donors (Lipinski definition) is 0. The summed E-state index contributed by atoms with van der Waals surface area (Å²) in [5.74, 6) is 0.267. The van der Waals surface area contributed by atoms with Crippen molar-refractivity contribution in [3.05, 3.63) is 28.8 Å². The van der Waals surface area contributed by atoms with Crippen molar-refractivity contribution in [2.24, 2.45) is 0 Å². The van der Waals surface area contributed by atoms with Crippen LogP contribution in [0.1, 0.15) is 30.5 Å². The summed E-state index contributed by atoms with van der Waals surface area (Å²) < 4.78 is 10.1. The summed E-state index contributed by atoms with van der Waals surface area (Å²) in [6, 6.07) is 5.58. The van der Waals surface area contributed by atoms with Gasteiger partial charge in [-0.2, -0.15) is 5.26 Å². The van der Waals surface area contributed by atoms with Crippen molar-refractivity contribution in [1.29, 1.82) is 5.26 Å². The van der Waals surface area contributed by atoms with E-state index in [2.05, 4.69) is 6.07 Å². The first kappa shape index (κ1) is 14.0. The molecule has 1 rings (SSSR count). The van der Waals surface area contributed by atoms with Crippen molar-refractivity contribution in [2.75, 3.05) is 13.7 Å². The lowest BCUT2D eigenvalue weighted by Crippen LogP contribution is -2.09. The third-order valence-electron chi connectivity index (χ3n) is 2.66. The van der Waals surface area contributed by atoms with Gasteiger partial charge >= 0.3 is 5.97 Å². The molecular formula is C14H17NO3. The number of carbonyl (C=O) groups is 1. The van der Waals surface area contributed by atoms with E-state index in [1.165, 1.54) is 7.11 Å². The van der Waals surface area contributed by atoms with Crippen molar-refractivity contribution in [3.8, 4) is 11.8 Å². The third-order valence-corrected chi connectivity index (χ3v) is 2.66. The van der Waals surface area contributed by atoms with E-state index in [4.69, 9.17) is 14.7 Å². The predicted molar refractivity (Wildman–Crippen MR) is 67.4 cm³/mol. The normalized spacial score (nSPS) is 9.67. The SMILES string of the molecule is CCOC(=O)Cc1cc(C#N)c(OC)cc1CC. The largest absolute Gasteiger partial charge is 0.495 e. The molecule has 0 aromatic heterocycles. The Kier molecular flexibility index (Phi) is 5.19. The van der Waals surface area contributed by atoms with Crippen LogP contribution in [0.5, 0.6) is 5.75 Å². The lowest BCUT2D eigenvalue weighted by atomic mass is 9.99. The summed E-state index contributed by atoms with van der Waals surface area (Å²) in [4.78, 5) is 11.5. The molecule has 0 radical (unpaired) electrons. The maximum atomic E-state index is 11.5. The maximum Gasteiger partial charge on any atom is 0.310 e. The average Bonchev–Trinajstić information content (AvgIpc) is 2.38. The highest BCUT2D eigenvalue weighted by molar-refractivity contribution is 5.73. The molecule has 0 aliphatic heterocycles. The minimum Gasteiger partial charge on any atom is -0.495 e. The lowest BCUT2D eigenvalue weighted by Gasteiger charge is -2.11. The van der Waals surface area contributed by atoms with E-state index >= 15 is 0 Å². The number of esters is 1. The number of methoxy groups -OCH3 is 1. The standard InChI is InChI=1S/C14H17NO3/c1-4-10-7-13(17-3)12(9-15)6-11(10)8-14(16)18-5-2/h6-7H,4-5,8H2,1-3H3. The highest BCUT2D eigenvalue weighted by Crippen LogP contribution is 2.24. The van der Waals surface area contributed by atoms with Gasteiger partial charge in [0.15, 0.2) is 0 Å². The molecule has 0 amide bonds. The van der Waals surface area contributed by atoms with Gasteiger partial charge < -0.3 is 9.47 Å². The van der Waals surface area contributed by atoms with Gasteiger partial charge in [0.2, 0.25) is 0 Å².